The number of ketones is 1. The van der Waals surface area contributed by atoms with Crippen molar-refractivity contribution in [2.45, 2.75) is 24.8 Å². The van der Waals surface area contributed by atoms with Crippen LogP contribution in [0, 0.1) is 6.92 Å². The number of benzene rings is 3. The standard InChI is InChI=1S/C22H19BrO4S/c1-15-3-13-21(14-4-15)28(25,26)27-16(2)22(24)19-7-5-17(6-8-19)18-9-11-20(23)12-10-18/h3-14,16H,1-2H3/t16-/m1/s1. The fourth-order valence-corrected chi connectivity index (χ4v) is 4.01. The smallest absolute Gasteiger partial charge is 0.291 e. The molecule has 0 N–H and O–H groups in total. The molecule has 0 spiro atoms. The van der Waals surface area contributed by atoms with Crippen LogP contribution in [0.3, 0.4) is 0 Å². The van der Waals surface area contributed by atoms with E-state index in [4.69, 9.17) is 4.18 Å². The molecule has 0 aliphatic carbocycles. The van der Waals surface area contributed by atoms with Crippen molar-refractivity contribution >= 4 is 31.8 Å². The maximum atomic E-state index is 12.6. The zero-order valence-electron chi connectivity index (χ0n) is 15.4. The molecular weight excluding hydrogens is 440 g/mol. The highest BCUT2D eigenvalue weighted by Crippen LogP contribution is 2.23. The second-order valence-corrected chi connectivity index (χ2v) is 8.94. The molecule has 0 aliphatic heterocycles. The van der Waals surface area contributed by atoms with Crippen LogP contribution in [-0.2, 0) is 14.3 Å². The number of hydrogen-bond acceptors (Lipinski definition) is 4. The van der Waals surface area contributed by atoms with Gasteiger partial charge < -0.3 is 0 Å². The van der Waals surface area contributed by atoms with E-state index >= 15 is 0 Å². The highest BCUT2D eigenvalue weighted by atomic mass is 79.9. The van der Waals surface area contributed by atoms with Crippen LogP contribution in [0.5, 0.6) is 0 Å². The van der Waals surface area contributed by atoms with Crippen LogP contribution >= 0.6 is 15.9 Å². The molecule has 3 aromatic rings. The van der Waals surface area contributed by atoms with Crippen LogP contribution in [0.25, 0.3) is 11.1 Å². The molecule has 6 heteroatoms. The molecular formula is C22H19BrO4S. The van der Waals surface area contributed by atoms with E-state index in [2.05, 4.69) is 15.9 Å². The average molecular weight is 459 g/mol. The van der Waals surface area contributed by atoms with E-state index in [-0.39, 0.29) is 4.90 Å². The highest BCUT2D eigenvalue weighted by Gasteiger charge is 2.24. The minimum absolute atomic E-state index is 0.0309. The van der Waals surface area contributed by atoms with Gasteiger partial charge >= 0.3 is 0 Å². The van der Waals surface area contributed by atoms with Crippen LogP contribution in [0.15, 0.2) is 82.2 Å². The van der Waals surface area contributed by atoms with Gasteiger partial charge in [0.15, 0.2) is 5.78 Å². The van der Waals surface area contributed by atoms with Gasteiger partial charge in [-0.15, -0.1) is 0 Å². The van der Waals surface area contributed by atoms with E-state index in [0.29, 0.717) is 5.56 Å². The first-order valence-electron chi connectivity index (χ1n) is 8.66. The lowest BCUT2D eigenvalue weighted by molar-refractivity contribution is 0.0826. The van der Waals surface area contributed by atoms with E-state index in [1.54, 1.807) is 24.3 Å². The Morgan fingerprint density at radius 1 is 0.857 bits per heavy atom. The van der Waals surface area contributed by atoms with Crippen molar-refractivity contribution in [1.82, 2.24) is 0 Å². The molecule has 28 heavy (non-hydrogen) atoms. The Balaban J connectivity index is 1.74. The van der Waals surface area contributed by atoms with Crippen LogP contribution in [0.4, 0.5) is 0 Å². The largest absolute Gasteiger partial charge is 0.297 e. The number of aryl methyl sites for hydroxylation is 1. The number of Topliss-reactive ketones (excluding diaryl/α,β-unsaturated/α-hetero) is 1. The first-order valence-corrected chi connectivity index (χ1v) is 10.9. The molecule has 0 bridgehead atoms. The number of carbonyl (C=O) groups is 1. The Hall–Kier alpha value is -2.28. The summed E-state index contributed by atoms with van der Waals surface area (Å²) in [4.78, 5) is 12.6. The van der Waals surface area contributed by atoms with Gasteiger partial charge in [0, 0.05) is 10.0 Å². The lowest BCUT2D eigenvalue weighted by Gasteiger charge is -2.13. The van der Waals surface area contributed by atoms with E-state index in [0.717, 1.165) is 21.2 Å². The van der Waals surface area contributed by atoms with E-state index in [1.165, 1.54) is 19.1 Å². The lowest BCUT2D eigenvalue weighted by atomic mass is 10.0. The zero-order chi connectivity index (χ0) is 20.3. The molecule has 0 saturated heterocycles. The molecule has 3 aromatic carbocycles. The lowest BCUT2D eigenvalue weighted by Crippen LogP contribution is -2.24. The first-order chi connectivity index (χ1) is 13.3. The molecule has 0 fully saturated rings. The third kappa shape index (κ3) is 4.76. The van der Waals surface area contributed by atoms with Crippen LogP contribution < -0.4 is 0 Å². The number of hydrogen-bond donors (Lipinski definition) is 0. The van der Waals surface area contributed by atoms with Gasteiger partial charge in [-0.05, 0) is 49.2 Å². The highest BCUT2D eigenvalue weighted by molar-refractivity contribution is 9.10. The summed E-state index contributed by atoms with van der Waals surface area (Å²) < 4.78 is 30.9. The van der Waals surface area contributed by atoms with Gasteiger partial charge in [0.1, 0.15) is 6.10 Å². The van der Waals surface area contributed by atoms with E-state index in [1.807, 2.05) is 43.3 Å². The van der Waals surface area contributed by atoms with Gasteiger partial charge in [0.05, 0.1) is 4.90 Å². The van der Waals surface area contributed by atoms with Crippen molar-refractivity contribution in [1.29, 1.82) is 0 Å². The Morgan fingerprint density at radius 3 is 1.89 bits per heavy atom. The van der Waals surface area contributed by atoms with Gasteiger partial charge in [-0.2, -0.15) is 8.42 Å². The van der Waals surface area contributed by atoms with Gasteiger partial charge in [-0.3, -0.25) is 8.98 Å². The molecule has 0 heterocycles. The van der Waals surface area contributed by atoms with Gasteiger partial charge in [0.25, 0.3) is 10.1 Å². The second-order valence-electron chi connectivity index (χ2n) is 6.45. The molecule has 0 saturated carbocycles. The number of rotatable bonds is 6. The summed E-state index contributed by atoms with van der Waals surface area (Å²) in [5.74, 6) is -0.391. The van der Waals surface area contributed by atoms with Crippen LogP contribution in [0.1, 0.15) is 22.8 Å². The number of halogens is 1. The Kier molecular flexibility index (Phi) is 6.13. The summed E-state index contributed by atoms with van der Waals surface area (Å²) in [6, 6.07) is 21.2. The normalized spacial score (nSPS) is 12.5. The van der Waals surface area contributed by atoms with Gasteiger partial charge in [-0.25, -0.2) is 0 Å². The minimum atomic E-state index is -4.01. The predicted octanol–water partition coefficient (Wildman–Crippen LogP) is 5.40. The third-order valence-corrected chi connectivity index (χ3v) is 6.22. The van der Waals surface area contributed by atoms with Crippen molar-refractivity contribution in [3.05, 3.63) is 88.4 Å². The predicted molar refractivity (Wildman–Crippen MR) is 113 cm³/mol. The summed E-state index contributed by atoms with van der Waals surface area (Å²) in [5.41, 5.74) is 3.32. The fraction of sp³-hybridized carbons (Fsp3) is 0.136. The minimum Gasteiger partial charge on any atom is -0.291 e. The summed E-state index contributed by atoms with van der Waals surface area (Å²) >= 11 is 3.40. The molecule has 0 aliphatic rings. The van der Waals surface area contributed by atoms with Gasteiger partial charge in [-0.1, -0.05) is 70.0 Å². The summed E-state index contributed by atoms with van der Waals surface area (Å²) in [7, 11) is -4.01. The van der Waals surface area contributed by atoms with Crippen LogP contribution in [-0.4, -0.2) is 20.3 Å². The van der Waals surface area contributed by atoms with Crippen molar-refractivity contribution in [3.8, 4) is 11.1 Å². The summed E-state index contributed by atoms with van der Waals surface area (Å²) in [6.07, 6.45) is -1.12. The molecule has 0 unspecified atom stereocenters. The fourth-order valence-electron chi connectivity index (χ4n) is 2.70. The topological polar surface area (TPSA) is 60.4 Å². The summed E-state index contributed by atoms with van der Waals surface area (Å²) in [5, 5.41) is 0. The number of carbonyl (C=O) groups excluding carboxylic acids is 1. The average Bonchev–Trinajstić information content (AvgIpc) is 2.68. The van der Waals surface area contributed by atoms with Crippen LogP contribution in [0.2, 0.25) is 0 Å². The maximum Gasteiger partial charge on any atom is 0.297 e. The molecule has 3 rings (SSSR count). The zero-order valence-corrected chi connectivity index (χ0v) is 17.8. The first kappa shape index (κ1) is 20.5. The third-order valence-electron chi connectivity index (χ3n) is 4.30. The Bertz CT molecular complexity index is 1070. The van der Waals surface area contributed by atoms with E-state index in [9.17, 15) is 13.2 Å². The van der Waals surface area contributed by atoms with Crippen molar-refractivity contribution in [2.24, 2.45) is 0 Å². The molecule has 0 amide bonds. The second kappa shape index (κ2) is 8.39. The van der Waals surface area contributed by atoms with E-state index < -0.39 is 22.0 Å². The molecule has 0 radical (unpaired) electrons. The molecule has 4 nitrogen and oxygen atoms in total. The monoisotopic (exact) mass is 458 g/mol. The van der Waals surface area contributed by atoms with Gasteiger partial charge in [0.2, 0.25) is 0 Å². The van der Waals surface area contributed by atoms with Crippen molar-refractivity contribution < 1.29 is 17.4 Å². The van der Waals surface area contributed by atoms with Crippen molar-refractivity contribution in [3.63, 3.8) is 0 Å². The SMILES string of the molecule is Cc1ccc(S(=O)(=O)O[C@H](C)C(=O)c2ccc(-c3ccc(Br)cc3)cc2)cc1. The maximum absolute atomic E-state index is 12.6. The molecule has 0 aromatic heterocycles. The Labute approximate surface area is 173 Å². The summed E-state index contributed by atoms with van der Waals surface area (Å²) in [6.45, 7) is 3.30. The molecule has 1 atom stereocenters. The quantitative estimate of drug-likeness (QED) is 0.366. The molecule has 144 valence electrons. The van der Waals surface area contributed by atoms with Crippen molar-refractivity contribution in [2.75, 3.05) is 0 Å². The Morgan fingerprint density at radius 2 is 1.36 bits per heavy atom.